The molecule has 0 bridgehead atoms. The van der Waals surface area contributed by atoms with Crippen molar-refractivity contribution in [3.63, 3.8) is 0 Å². The standard InChI is InChI=1S/C18H31NO2/c1-5-11-15(19-8-4)16(7-3)21-18-13-10-9-12-17(18)20-14-6-2/h9-10,12-13,15-16,19H,5-8,11,14H2,1-4H3. The summed E-state index contributed by atoms with van der Waals surface area (Å²) in [5.74, 6) is 1.71. The molecule has 0 amide bonds. The largest absolute Gasteiger partial charge is 0.490 e. The summed E-state index contributed by atoms with van der Waals surface area (Å²) in [4.78, 5) is 0. The molecule has 0 aromatic heterocycles. The Morgan fingerprint density at radius 2 is 1.71 bits per heavy atom. The van der Waals surface area contributed by atoms with Crippen LogP contribution in [0.5, 0.6) is 11.5 Å². The zero-order chi connectivity index (χ0) is 15.5. The molecule has 120 valence electrons. The first kappa shape index (κ1) is 17.8. The zero-order valence-corrected chi connectivity index (χ0v) is 14.0. The van der Waals surface area contributed by atoms with Gasteiger partial charge in [-0.2, -0.15) is 0 Å². The molecule has 2 atom stereocenters. The monoisotopic (exact) mass is 293 g/mol. The molecule has 3 nitrogen and oxygen atoms in total. The molecule has 3 heteroatoms. The van der Waals surface area contributed by atoms with Gasteiger partial charge in [0.2, 0.25) is 0 Å². The van der Waals surface area contributed by atoms with Crippen LogP contribution in [-0.4, -0.2) is 25.3 Å². The highest BCUT2D eigenvalue weighted by Crippen LogP contribution is 2.29. The van der Waals surface area contributed by atoms with Crippen LogP contribution in [0, 0.1) is 0 Å². The average Bonchev–Trinajstić information content (AvgIpc) is 2.51. The summed E-state index contributed by atoms with van der Waals surface area (Å²) in [6.07, 6.45) is 4.45. The Morgan fingerprint density at radius 3 is 2.29 bits per heavy atom. The smallest absolute Gasteiger partial charge is 0.161 e. The highest BCUT2D eigenvalue weighted by molar-refractivity contribution is 5.39. The summed E-state index contributed by atoms with van der Waals surface area (Å²) in [6, 6.07) is 8.38. The number of benzene rings is 1. The lowest BCUT2D eigenvalue weighted by Crippen LogP contribution is -2.42. The molecule has 0 spiro atoms. The Hall–Kier alpha value is -1.22. The lowest BCUT2D eigenvalue weighted by atomic mass is 10.0. The van der Waals surface area contributed by atoms with Crippen molar-refractivity contribution in [3.05, 3.63) is 24.3 Å². The maximum atomic E-state index is 6.27. The minimum absolute atomic E-state index is 0.177. The molecular weight excluding hydrogens is 262 g/mol. The van der Waals surface area contributed by atoms with E-state index in [4.69, 9.17) is 9.47 Å². The first-order valence-corrected chi connectivity index (χ1v) is 8.38. The van der Waals surface area contributed by atoms with E-state index in [9.17, 15) is 0 Å². The minimum atomic E-state index is 0.177. The Morgan fingerprint density at radius 1 is 1.00 bits per heavy atom. The molecule has 2 unspecified atom stereocenters. The summed E-state index contributed by atoms with van der Waals surface area (Å²) in [5.41, 5.74) is 0. The summed E-state index contributed by atoms with van der Waals surface area (Å²) >= 11 is 0. The van der Waals surface area contributed by atoms with Gasteiger partial charge in [-0.05, 0) is 37.9 Å². The topological polar surface area (TPSA) is 30.5 Å². The molecule has 21 heavy (non-hydrogen) atoms. The summed E-state index contributed by atoms with van der Waals surface area (Å²) in [6.45, 7) is 10.4. The van der Waals surface area contributed by atoms with Crippen LogP contribution < -0.4 is 14.8 Å². The van der Waals surface area contributed by atoms with E-state index in [-0.39, 0.29) is 6.10 Å². The number of hydrogen-bond acceptors (Lipinski definition) is 3. The number of likely N-dealkylation sites (N-methyl/N-ethyl adjacent to an activating group) is 1. The first-order chi connectivity index (χ1) is 10.3. The molecule has 0 saturated carbocycles. The van der Waals surface area contributed by atoms with Crippen molar-refractivity contribution < 1.29 is 9.47 Å². The second-order valence-electron chi connectivity index (χ2n) is 5.31. The number of nitrogens with one attached hydrogen (secondary N) is 1. The molecule has 0 fully saturated rings. The molecule has 1 aromatic rings. The van der Waals surface area contributed by atoms with E-state index < -0.39 is 0 Å². The van der Waals surface area contributed by atoms with Crippen molar-refractivity contribution >= 4 is 0 Å². The first-order valence-electron chi connectivity index (χ1n) is 8.38. The van der Waals surface area contributed by atoms with E-state index in [0.717, 1.165) is 50.3 Å². The molecule has 0 radical (unpaired) electrons. The predicted molar refractivity (Wildman–Crippen MR) is 89.3 cm³/mol. The number of rotatable bonds is 11. The summed E-state index contributed by atoms with van der Waals surface area (Å²) in [5, 5.41) is 3.55. The average molecular weight is 293 g/mol. The van der Waals surface area contributed by atoms with Gasteiger partial charge in [0.05, 0.1) is 6.61 Å². The summed E-state index contributed by atoms with van der Waals surface area (Å²) < 4.78 is 12.1. The highest BCUT2D eigenvalue weighted by atomic mass is 16.5. The van der Waals surface area contributed by atoms with Gasteiger partial charge in [0.15, 0.2) is 11.5 Å². The van der Waals surface area contributed by atoms with Crippen molar-refractivity contribution in [2.45, 2.75) is 65.5 Å². The Balaban J connectivity index is 2.79. The van der Waals surface area contributed by atoms with Gasteiger partial charge in [-0.1, -0.05) is 46.2 Å². The Bertz CT molecular complexity index is 375. The van der Waals surface area contributed by atoms with Gasteiger partial charge in [0, 0.05) is 6.04 Å². The minimum Gasteiger partial charge on any atom is -0.490 e. The maximum Gasteiger partial charge on any atom is 0.161 e. The molecule has 1 aromatic carbocycles. The van der Waals surface area contributed by atoms with Crippen LogP contribution in [-0.2, 0) is 0 Å². The van der Waals surface area contributed by atoms with Gasteiger partial charge in [0.25, 0.3) is 0 Å². The molecule has 0 saturated heterocycles. The van der Waals surface area contributed by atoms with E-state index in [1.165, 1.54) is 0 Å². The Labute approximate surface area is 130 Å². The number of para-hydroxylation sites is 2. The lowest BCUT2D eigenvalue weighted by Gasteiger charge is -2.28. The normalized spacial score (nSPS) is 13.7. The number of ether oxygens (including phenoxy) is 2. The van der Waals surface area contributed by atoms with E-state index in [1.807, 2.05) is 24.3 Å². The van der Waals surface area contributed by atoms with Gasteiger partial charge in [-0.25, -0.2) is 0 Å². The third-order valence-corrected chi connectivity index (χ3v) is 3.51. The van der Waals surface area contributed by atoms with Gasteiger partial charge < -0.3 is 14.8 Å². The van der Waals surface area contributed by atoms with Crippen molar-refractivity contribution in [3.8, 4) is 11.5 Å². The van der Waals surface area contributed by atoms with Crippen molar-refractivity contribution in [2.75, 3.05) is 13.2 Å². The van der Waals surface area contributed by atoms with Crippen LogP contribution >= 0.6 is 0 Å². The third kappa shape index (κ3) is 5.96. The van der Waals surface area contributed by atoms with Crippen molar-refractivity contribution in [1.82, 2.24) is 5.32 Å². The van der Waals surface area contributed by atoms with E-state index in [2.05, 4.69) is 33.0 Å². The molecule has 0 aliphatic heterocycles. The van der Waals surface area contributed by atoms with Crippen LogP contribution in [0.2, 0.25) is 0 Å². The fourth-order valence-electron chi connectivity index (χ4n) is 2.48. The molecule has 0 aliphatic carbocycles. The van der Waals surface area contributed by atoms with Crippen LogP contribution in [0.4, 0.5) is 0 Å². The fourth-order valence-corrected chi connectivity index (χ4v) is 2.48. The SMILES string of the molecule is CCCOc1ccccc1OC(CC)C(CCC)NCC. The van der Waals surface area contributed by atoms with Crippen LogP contribution in [0.25, 0.3) is 0 Å². The van der Waals surface area contributed by atoms with Crippen LogP contribution in [0.1, 0.15) is 53.4 Å². The van der Waals surface area contributed by atoms with Crippen LogP contribution in [0.3, 0.4) is 0 Å². The third-order valence-electron chi connectivity index (χ3n) is 3.51. The van der Waals surface area contributed by atoms with Crippen molar-refractivity contribution in [2.24, 2.45) is 0 Å². The molecule has 0 heterocycles. The second-order valence-corrected chi connectivity index (χ2v) is 5.31. The predicted octanol–water partition coefficient (Wildman–Crippen LogP) is 4.41. The molecule has 0 aliphatic rings. The van der Waals surface area contributed by atoms with Gasteiger partial charge in [0.1, 0.15) is 6.10 Å². The molecule has 1 N–H and O–H groups in total. The van der Waals surface area contributed by atoms with Crippen LogP contribution in [0.15, 0.2) is 24.3 Å². The molecule has 1 rings (SSSR count). The fraction of sp³-hybridized carbons (Fsp3) is 0.667. The number of hydrogen-bond donors (Lipinski definition) is 1. The zero-order valence-electron chi connectivity index (χ0n) is 14.0. The van der Waals surface area contributed by atoms with E-state index in [0.29, 0.717) is 6.04 Å². The second kappa shape index (κ2) is 10.5. The lowest BCUT2D eigenvalue weighted by molar-refractivity contribution is 0.136. The van der Waals surface area contributed by atoms with Gasteiger partial charge in [-0.3, -0.25) is 0 Å². The van der Waals surface area contributed by atoms with E-state index in [1.54, 1.807) is 0 Å². The maximum absolute atomic E-state index is 6.27. The Kier molecular flexibility index (Phi) is 8.91. The molecular formula is C18H31NO2. The summed E-state index contributed by atoms with van der Waals surface area (Å²) in [7, 11) is 0. The van der Waals surface area contributed by atoms with Crippen molar-refractivity contribution in [1.29, 1.82) is 0 Å². The highest BCUT2D eigenvalue weighted by Gasteiger charge is 2.21. The van der Waals surface area contributed by atoms with Gasteiger partial charge >= 0.3 is 0 Å². The van der Waals surface area contributed by atoms with E-state index >= 15 is 0 Å². The quantitative estimate of drug-likeness (QED) is 0.655. The van der Waals surface area contributed by atoms with Gasteiger partial charge in [-0.15, -0.1) is 0 Å².